The number of likely N-dealkylation sites (N-methyl/N-ethyl adjacent to an activating group) is 1. The molecule has 0 saturated carbocycles. The highest BCUT2D eigenvalue weighted by molar-refractivity contribution is 7.47. The molecule has 0 fully saturated rings. The maximum Gasteiger partial charge on any atom is 0.472 e. The number of aliphatic hydroxyl groups excluding tert-OH is 1. The van der Waals surface area contributed by atoms with E-state index >= 15 is 0 Å². The van der Waals surface area contributed by atoms with Crippen LogP contribution >= 0.6 is 7.82 Å². The van der Waals surface area contributed by atoms with E-state index in [9.17, 15) is 19.4 Å². The average Bonchev–Trinajstić information content (AvgIpc) is 3.37. The highest BCUT2D eigenvalue weighted by Crippen LogP contribution is 2.43. The molecular weight excluding hydrogens is 948 g/mol. The fraction of sp³-hybridized carbons (Fsp3) is 0.894. The summed E-state index contributed by atoms with van der Waals surface area (Å²) in [6.45, 7) is 4.84. The fourth-order valence-corrected chi connectivity index (χ4v) is 10.7. The van der Waals surface area contributed by atoms with E-state index in [1.807, 2.05) is 27.2 Å². The fourth-order valence-electron chi connectivity index (χ4n) is 9.96. The molecule has 0 rings (SSSR count). The van der Waals surface area contributed by atoms with Gasteiger partial charge in [0.1, 0.15) is 13.2 Å². The molecule has 8 nitrogen and oxygen atoms in total. The van der Waals surface area contributed by atoms with E-state index in [-0.39, 0.29) is 19.1 Å². The van der Waals surface area contributed by atoms with Crippen LogP contribution in [-0.2, 0) is 18.4 Å². The minimum atomic E-state index is -4.36. The first-order valence-corrected chi connectivity index (χ1v) is 34.4. The van der Waals surface area contributed by atoms with E-state index in [1.165, 1.54) is 263 Å². The van der Waals surface area contributed by atoms with Gasteiger partial charge in [-0.1, -0.05) is 314 Å². The molecule has 3 N–H and O–H groups in total. The number of nitrogens with zero attached hydrogens (tertiary/aromatic N) is 1. The Hall–Kier alpha value is -1.28. The molecule has 0 saturated heterocycles. The zero-order valence-corrected chi connectivity index (χ0v) is 51.7. The van der Waals surface area contributed by atoms with E-state index in [0.29, 0.717) is 17.4 Å². The predicted molar refractivity (Wildman–Crippen MR) is 328 cm³/mol. The molecule has 0 radical (unpaired) electrons. The van der Waals surface area contributed by atoms with E-state index in [0.717, 1.165) is 44.9 Å². The van der Waals surface area contributed by atoms with E-state index in [1.54, 1.807) is 6.08 Å². The number of carbonyl (C=O) groups excluding carboxylic acids is 1. The van der Waals surface area contributed by atoms with Crippen molar-refractivity contribution in [1.29, 1.82) is 0 Å². The first-order chi connectivity index (χ1) is 36.5. The minimum absolute atomic E-state index is 0.0553. The second kappa shape index (κ2) is 57.4. The Morgan fingerprint density at radius 1 is 0.440 bits per heavy atom. The number of nitrogens with one attached hydrogen (secondary N) is 1. The molecule has 444 valence electrons. The lowest BCUT2D eigenvalue weighted by Gasteiger charge is -2.25. The van der Waals surface area contributed by atoms with Crippen molar-refractivity contribution in [3.05, 3.63) is 36.5 Å². The van der Waals surface area contributed by atoms with Crippen LogP contribution in [0.4, 0.5) is 0 Å². The van der Waals surface area contributed by atoms with E-state index < -0.39 is 20.0 Å². The molecule has 0 aliphatic carbocycles. The molecule has 0 aromatic carbocycles. The second-order valence-electron chi connectivity index (χ2n) is 23.8. The molecule has 0 bridgehead atoms. The zero-order valence-electron chi connectivity index (χ0n) is 50.8. The molecule has 75 heavy (non-hydrogen) atoms. The summed E-state index contributed by atoms with van der Waals surface area (Å²) in [4.78, 5) is 23.4. The quantitative estimate of drug-likeness (QED) is 0.0243. The normalized spacial score (nSPS) is 14.0. The van der Waals surface area contributed by atoms with Crippen LogP contribution in [0.5, 0.6) is 0 Å². The van der Waals surface area contributed by atoms with Crippen LogP contribution < -0.4 is 5.32 Å². The summed E-state index contributed by atoms with van der Waals surface area (Å²) < 4.78 is 23.8. The third kappa shape index (κ3) is 60.2. The smallest absolute Gasteiger partial charge is 0.387 e. The monoisotopic (exact) mass is 1080 g/mol. The first kappa shape index (κ1) is 73.7. The van der Waals surface area contributed by atoms with Gasteiger partial charge >= 0.3 is 7.82 Å². The molecule has 9 heteroatoms. The van der Waals surface area contributed by atoms with Crippen LogP contribution in [0.2, 0.25) is 0 Å². The zero-order chi connectivity index (χ0) is 54.9. The van der Waals surface area contributed by atoms with Gasteiger partial charge in [-0.05, 0) is 44.9 Å². The van der Waals surface area contributed by atoms with Gasteiger partial charge in [-0.15, -0.1) is 0 Å². The van der Waals surface area contributed by atoms with Crippen molar-refractivity contribution in [3.63, 3.8) is 0 Å². The summed E-state index contributed by atoms with van der Waals surface area (Å²) in [6.07, 6.45) is 75.7. The summed E-state index contributed by atoms with van der Waals surface area (Å²) in [5, 5.41) is 14.0. The van der Waals surface area contributed by atoms with Crippen LogP contribution in [0, 0.1) is 0 Å². The molecule has 3 atom stereocenters. The maximum absolute atomic E-state index is 13.0. The molecule has 3 unspecified atom stereocenters. The van der Waals surface area contributed by atoms with Gasteiger partial charge < -0.3 is 19.8 Å². The van der Waals surface area contributed by atoms with Crippen LogP contribution in [0.25, 0.3) is 0 Å². The number of phosphoric acid groups is 1. The number of rotatable bonds is 61. The van der Waals surface area contributed by atoms with Gasteiger partial charge in [0.15, 0.2) is 0 Å². The van der Waals surface area contributed by atoms with Gasteiger partial charge in [0.25, 0.3) is 0 Å². The summed E-state index contributed by atoms with van der Waals surface area (Å²) in [5.41, 5.74) is 0. The maximum atomic E-state index is 13.0. The van der Waals surface area contributed by atoms with Crippen molar-refractivity contribution in [2.75, 3.05) is 40.9 Å². The number of hydrogen-bond donors (Lipinski definition) is 3. The Morgan fingerprint density at radius 2 is 0.733 bits per heavy atom. The molecule has 0 spiro atoms. The lowest BCUT2D eigenvalue weighted by molar-refractivity contribution is -0.870. The number of unbranched alkanes of at least 4 members (excludes halogenated alkanes) is 44. The number of aliphatic hydroxyl groups is 1. The summed E-state index contributed by atoms with van der Waals surface area (Å²) in [6, 6.07) is -0.869. The Kier molecular flexibility index (Phi) is 56.4. The highest BCUT2D eigenvalue weighted by atomic mass is 31.2. The van der Waals surface area contributed by atoms with Crippen molar-refractivity contribution in [3.8, 4) is 0 Å². The minimum Gasteiger partial charge on any atom is -0.387 e. The molecule has 1 amide bonds. The Balaban J connectivity index is 4.16. The average molecular weight is 1080 g/mol. The molecule has 0 aliphatic rings. The number of allylic oxidation sites excluding steroid dienone is 5. The van der Waals surface area contributed by atoms with Gasteiger partial charge in [-0.3, -0.25) is 13.8 Å². The van der Waals surface area contributed by atoms with Gasteiger partial charge in [0, 0.05) is 6.42 Å². The summed E-state index contributed by atoms with van der Waals surface area (Å²) in [5.74, 6) is -0.184. The summed E-state index contributed by atoms with van der Waals surface area (Å²) in [7, 11) is 1.56. The Labute approximate surface area is 467 Å². The van der Waals surface area contributed by atoms with Gasteiger partial charge in [0.2, 0.25) is 5.91 Å². The highest BCUT2D eigenvalue weighted by Gasteiger charge is 2.28. The molecule has 0 aromatic heterocycles. The largest absolute Gasteiger partial charge is 0.472 e. The van der Waals surface area contributed by atoms with Crippen LogP contribution in [0.3, 0.4) is 0 Å². The first-order valence-electron chi connectivity index (χ1n) is 32.9. The lowest BCUT2D eigenvalue weighted by atomic mass is 10.0. The van der Waals surface area contributed by atoms with Crippen LogP contribution in [-0.4, -0.2) is 73.4 Å². The van der Waals surface area contributed by atoms with E-state index in [2.05, 4.69) is 43.5 Å². The van der Waals surface area contributed by atoms with Crippen LogP contribution in [0.1, 0.15) is 328 Å². The third-order valence-electron chi connectivity index (χ3n) is 15.1. The Bertz CT molecular complexity index is 1320. The predicted octanol–water partition coefficient (Wildman–Crippen LogP) is 20.5. The lowest BCUT2D eigenvalue weighted by Crippen LogP contribution is -2.45. The summed E-state index contributed by atoms with van der Waals surface area (Å²) >= 11 is 0. The van der Waals surface area contributed by atoms with Gasteiger partial charge in [-0.2, -0.15) is 0 Å². The molecule has 0 aliphatic heterocycles. The van der Waals surface area contributed by atoms with Gasteiger partial charge in [-0.25, -0.2) is 4.57 Å². The Morgan fingerprint density at radius 3 is 1.07 bits per heavy atom. The SMILES string of the molecule is CCCCCCCCCCCCCCCCCCCCCC/C=C/CC/C=C/CC/C=C/C(O)C(COP(=O)(O)OCC[N+](C)(C)C)NC(=O)CCCCCCCCCCCCCCCCCCCCCCCCC. The van der Waals surface area contributed by atoms with Gasteiger partial charge in [0.05, 0.1) is 39.9 Å². The van der Waals surface area contributed by atoms with Crippen molar-refractivity contribution in [1.82, 2.24) is 5.32 Å². The third-order valence-corrected chi connectivity index (χ3v) is 16.1. The topological polar surface area (TPSA) is 105 Å². The van der Waals surface area contributed by atoms with Crippen molar-refractivity contribution < 1.29 is 32.9 Å². The standard InChI is InChI=1S/C66H129N2O6P/c1-6-8-10-12-14-16-18-20-22-24-26-28-30-31-32-33-34-35-36-38-39-41-43-45-47-49-51-53-55-57-59-65(69)64(63-74-75(71,72)73-62-61-68(3,4)5)67-66(70)60-58-56-54-52-50-48-46-44-42-40-37-29-27-25-23-21-19-17-15-13-11-9-7-2/h41,43,49,51,57,59,64-65,69H,6-40,42,44-48,50,52-56,58,60-63H2,1-5H3,(H-,67,70,71,72)/p+1/b43-41+,51-49+,59-57+. The number of amides is 1. The van der Waals surface area contributed by atoms with Crippen molar-refractivity contribution >= 4 is 13.7 Å². The van der Waals surface area contributed by atoms with Crippen LogP contribution in [0.15, 0.2) is 36.5 Å². The van der Waals surface area contributed by atoms with Crippen molar-refractivity contribution in [2.45, 2.75) is 341 Å². The number of phosphoric ester groups is 1. The van der Waals surface area contributed by atoms with E-state index in [4.69, 9.17) is 9.05 Å². The number of carbonyl (C=O) groups is 1. The molecule has 0 heterocycles. The van der Waals surface area contributed by atoms with Crippen molar-refractivity contribution in [2.24, 2.45) is 0 Å². The number of quaternary nitrogens is 1. The molecular formula is C66H130N2O6P+. The number of hydrogen-bond acceptors (Lipinski definition) is 5. The molecule has 0 aromatic rings. The second-order valence-corrected chi connectivity index (χ2v) is 25.3.